The summed E-state index contributed by atoms with van der Waals surface area (Å²) in [7, 11) is 0. The number of aryl methyl sites for hydroxylation is 1. The molecule has 3 amide bonds. The number of aromatic nitrogens is 1. The van der Waals surface area contributed by atoms with E-state index in [1.165, 1.54) is 12.8 Å². The molecule has 2 fully saturated rings. The minimum Gasteiger partial charge on any atom is -0.360 e. The predicted molar refractivity (Wildman–Crippen MR) is 93.2 cm³/mol. The van der Waals surface area contributed by atoms with Gasteiger partial charge in [-0.15, -0.1) is 0 Å². The molecule has 138 valence electrons. The summed E-state index contributed by atoms with van der Waals surface area (Å²) in [5.74, 6) is 1.54. The molecular formula is C17H27N5O3. The van der Waals surface area contributed by atoms with Crippen LogP contribution in [0.2, 0.25) is 0 Å². The minimum absolute atomic E-state index is 0.150. The van der Waals surface area contributed by atoms with Crippen molar-refractivity contribution in [1.29, 1.82) is 0 Å². The van der Waals surface area contributed by atoms with Crippen molar-refractivity contribution in [1.82, 2.24) is 20.3 Å². The third kappa shape index (κ3) is 4.94. The van der Waals surface area contributed by atoms with Crippen LogP contribution in [0, 0.1) is 12.8 Å². The Labute approximate surface area is 147 Å². The van der Waals surface area contributed by atoms with Crippen molar-refractivity contribution in [2.45, 2.75) is 32.6 Å². The number of amides is 3. The molecule has 1 aliphatic carbocycles. The number of nitrogens with one attached hydrogen (secondary N) is 2. The molecule has 1 saturated carbocycles. The number of anilines is 1. The lowest BCUT2D eigenvalue weighted by molar-refractivity contribution is -0.124. The molecule has 0 unspecified atom stereocenters. The van der Waals surface area contributed by atoms with Crippen LogP contribution in [0.1, 0.15) is 31.4 Å². The van der Waals surface area contributed by atoms with Gasteiger partial charge in [-0.05, 0) is 19.8 Å². The molecule has 2 aliphatic rings. The molecule has 1 aromatic rings. The second-order valence-corrected chi connectivity index (χ2v) is 6.85. The summed E-state index contributed by atoms with van der Waals surface area (Å²) in [6.45, 7) is 6.25. The van der Waals surface area contributed by atoms with Crippen LogP contribution in [0.15, 0.2) is 10.6 Å². The van der Waals surface area contributed by atoms with Gasteiger partial charge < -0.3 is 14.7 Å². The average Bonchev–Trinajstić information content (AvgIpc) is 3.27. The van der Waals surface area contributed by atoms with E-state index in [0.717, 1.165) is 32.5 Å². The molecule has 0 radical (unpaired) electrons. The predicted octanol–water partition coefficient (Wildman–Crippen LogP) is 1.44. The summed E-state index contributed by atoms with van der Waals surface area (Å²) in [6, 6.07) is 1.55. The molecular weight excluding hydrogens is 322 g/mol. The number of piperazine rings is 1. The molecule has 3 rings (SSSR count). The van der Waals surface area contributed by atoms with Gasteiger partial charge >= 0.3 is 6.03 Å². The normalized spacial score (nSPS) is 19.2. The molecule has 1 saturated heterocycles. The highest BCUT2D eigenvalue weighted by atomic mass is 16.5. The summed E-state index contributed by atoms with van der Waals surface area (Å²) in [5.41, 5.74) is 0. The lowest BCUT2D eigenvalue weighted by Crippen LogP contribution is -2.51. The highest BCUT2D eigenvalue weighted by Gasteiger charge is 2.24. The number of carbonyl (C=O) groups excluding carboxylic acids is 2. The maximum absolute atomic E-state index is 12.2. The quantitative estimate of drug-likeness (QED) is 0.839. The number of urea groups is 1. The third-order valence-electron chi connectivity index (χ3n) is 4.98. The fourth-order valence-electron chi connectivity index (χ4n) is 3.46. The van der Waals surface area contributed by atoms with Gasteiger partial charge in [-0.2, -0.15) is 0 Å². The van der Waals surface area contributed by atoms with E-state index in [9.17, 15) is 9.59 Å². The minimum atomic E-state index is -0.150. The summed E-state index contributed by atoms with van der Waals surface area (Å²) < 4.78 is 4.94. The van der Waals surface area contributed by atoms with Crippen molar-refractivity contribution >= 4 is 17.8 Å². The van der Waals surface area contributed by atoms with E-state index >= 15 is 0 Å². The molecule has 0 aromatic carbocycles. The first kappa shape index (κ1) is 17.7. The fourth-order valence-corrected chi connectivity index (χ4v) is 3.46. The summed E-state index contributed by atoms with van der Waals surface area (Å²) >= 11 is 0. The molecule has 8 heteroatoms. The van der Waals surface area contributed by atoms with Gasteiger partial charge in [0.15, 0.2) is 5.82 Å². The van der Waals surface area contributed by atoms with Gasteiger partial charge in [0.2, 0.25) is 5.91 Å². The second kappa shape index (κ2) is 8.33. The largest absolute Gasteiger partial charge is 0.360 e. The summed E-state index contributed by atoms with van der Waals surface area (Å²) in [6.07, 6.45) is 4.42. The zero-order valence-electron chi connectivity index (χ0n) is 14.8. The first-order valence-electron chi connectivity index (χ1n) is 9.11. The van der Waals surface area contributed by atoms with Gasteiger partial charge in [0.1, 0.15) is 5.76 Å². The molecule has 8 nitrogen and oxygen atoms in total. The van der Waals surface area contributed by atoms with Crippen LogP contribution in [-0.2, 0) is 4.79 Å². The van der Waals surface area contributed by atoms with E-state index in [-0.39, 0.29) is 17.9 Å². The molecule has 0 atom stereocenters. The fraction of sp³-hybridized carbons (Fsp3) is 0.706. The zero-order valence-corrected chi connectivity index (χ0v) is 14.8. The topological polar surface area (TPSA) is 90.7 Å². The number of nitrogens with zero attached hydrogens (tertiary/aromatic N) is 3. The zero-order chi connectivity index (χ0) is 17.6. The van der Waals surface area contributed by atoms with Crippen molar-refractivity contribution in [2.24, 2.45) is 5.92 Å². The van der Waals surface area contributed by atoms with Gasteiger partial charge in [0.05, 0.1) is 0 Å². The Kier molecular flexibility index (Phi) is 5.91. The Balaban J connectivity index is 1.32. The van der Waals surface area contributed by atoms with E-state index < -0.39 is 0 Å². The van der Waals surface area contributed by atoms with Gasteiger partial charge in [-0.1, -0.05) is 18.0 Å². The highest BCUT2D eigenvalue weighted by Crippen LogP contribution is 2.24. The van der Waals surface area contributed by atoms with Gasteiger partial charge in [0, 0.05) is 51.3 Å². The summed E-state index contributed by atoms with van der Waals surface area (Å²) in [5, 5.41) is 9.56. The van der Waals surface area contributed by atoms with E-state index in [2.05, 4.69) is 20.7 Å². The van der Waals surface area contributed by atoms with Crippen LogP contribution in [-0.4, -0.2) is 66.2 Å². The third-order valence-corrected chi connectivity index (χ3v) is 4.98. The number of carbonyl (C=O) groups is 2. The monoisotopic (exact) mass is 349 g/mol. The lowest BCUT2D eigenvalue weighted by Gasteiger charge is -2.34. The Morgan fingerprint density at radius 2 is 1.96 bits per heavy atom. The van der Waals surface area contributed by atoms with Gasteiger partial charge in [-0.25, -0.2) is 4.79 Å². The van der Waals surface area contributed by atoms with Crippen LogP contribution in [0.25, 0.3) is 0 Å². The molecule has 0 bridgehead atoms. The van der Waals surface area contributed by atoms with Crippen molar-refractivity contribution in [3.05, 3.63) is 11.8 Å². The molecule has 2 N–H and O–H groups in total. The number of hydrogen-bond donors (Lipinski definition) is 2. The van der Waals surface area contributed by atoms with E-state index in [4.69, 9.17) is 4.52 Å². The smallest absolute Gasteiger partial charge is 0.323 e. The van der Waals surface area contributed by atoms with Crippen LogP contribution in [0.3, 0.4) is 0 Å². The first-order valence-corrected chi connectivity index (χ1v) is 9.11. The van der Waals surface area contributed by atoms with Gasteiger partial charge in [-0.3, -0.25) is 15.0 Å². The van der Waals surface area contributed by atoms with Crippen LogP contribution in [0.4, 0.5) is 10.6 Å². The molecule has 25 heavy (non-hydrogen) atoms. The molecule has 1 aromatic heterocycles. The standard InChI is InChI=1S/C17H27N5O3/c1-13-12-15(20-25-13)19-17(24)22-10-8-21(9-11-22)7-6-18-16(23)14-4-2-3-5-14/h12,14H,2-11H2,1H3,(H,18,23)(H,19,20,24). The Hall–Kier alpha value is -2.09. The van der Waals surface area contributed by atoms with Crippen LogP contribution in [0.5, 0.6) is 0 Å². The molecule has 0 spiro atoms. The van der Waals surface area contributed by atoms with Gasteiger partial charge in [0.25, 0.3) is 0 Å². The average molecular weight is 349 g/mol. The SMILES string of the molecule is Cc1cc(NC(=O)N2CCN(CCNC(=O)C3CCCC3)CC2)no1. The maximum Gasteiger partial charge on any atom is 0.323 e. The van der Waals surface area contributed by atoms with Crippen LogP contribution >= 0.6 is 0 Å². The van der Waals surface area contributed by atoms with Crippen molar-refractivity contribution in [3.63, 3.8) is 0 Å². The van der Waals surface area contributed by atoms with E-state index in [0.29, 0.717) is 31.2 Å². The Bertz CT molecular complexity index is 589. The Morgan fingerprint density at radius 1 is 1.24 bits per heavy atom. The van der Waals surface area contributed by atoms with Crippen molar-refractivity contribution in [3.8, 4) is 0 Å². The number of rotatable bonds is 5. The first-order chi connectivity index (χ1) is 12.1. The van der Waals surface area contributed by atoms with E-state index in [1.807, 2.05) is 0 Å². The second-order valence-electron chi connectivity index (χ2n) is 6.85. The highest BCUT2D eigenvalue weighted by molar-refractivity contribution is 5.88. The molecule has 1 aliphatic heterocycles. The molecule has 2 heterocycles. The van der Waals surface area contributed by atoms with Crippen molar-refractivity contribution < 1.29 is 14.1 Å². The number of hydrogen-bond acceptors (Lipinski definition) is 5. The summed E-state index contributed by atoms with van der Waals surface area (Å²) in [4.78, 5) is 28.2. The van der Waals surface area contributed by atoms with Crippen LogP contribution < -0.4 is 10.6 Å². The van der Waals surface area contributed by atoms with Crippen molar-refractivity contribution in [2.75, 3.05) is 44.6 Å². The maximum atomic E-state index is 12.2. The lowest BCUT2D eigenvalue weighted by atomic mass is 10.1. The Morgan fingerprint density at radius 3 is 2.60 bits per heavy atom. The van der Waals surface area contributed by atoms with E-state index in [1.54, 1.807) is 17.9 Å².